The number of methoxy groups -OCH3 is 1. The molecule has 0 aromatic heterocycles. The first kappa shape index (κ1) is 22.8. The van der Waals surface area contributed by atoms with Gasteiger partial charge in [0.05, 0.1) is 24.0 Å². The lowest BCUT2D eigenvalue weighted by molar-refractivity contribution is -0.385. The first-order valence-corrected chi connectivity index (χ1v) is 9.41. The topological polar surface area (TPSA) is 157 Å². The van der Waals surface area contributed by atoms with E-state index in [0.717, 1.165) is 18.1 Å². The summed E-state index contributed by atoms with van der Waals surface area (Å²) < 4.78 is 9.70. The molecule has 0 bridgehead atoms. The molecule has 2 aromatic rings. The third kappa shape index (κ3) is 4.75. The maximum Gasteiger partial charge on any atom is 0.348 e. The highest BCUT2D eigenvalue weighted by atomic mass is 16.6. The Bertz CT molecular complexity index is 1260. The van der Waals surface area contributed by atoms with E-state index in [1.54, 1.807) is 12.1 Å². The lowest BCUT2D eigenvalue weighted by Gasteiger charge is -2.13. The zero-order chi connectivity index (χ0) is 24.1. The minimum Gasteiger partial charge on any atom is -0.465 e. The van der Waals surface area contributed by atoms with Gasteiger partial charge in [0.25, 0.3) is 17.5 Å². The number of carbonyl (C=O) groups is 4. The SMILES string of the molecule is COC(=O)/C(C#N)=C/c1cccc(OC(=O)CCN2C(=O)c3cccc([N+](=O)[O-])c3C2=O)c1. The number of imide groups is 1. The van der Waals surface area contributed by atoms with Crippen molar-refractivity contribution in [2.45, 2.75) is 6.42 Å². The van der Waals surface area contributed by atoms with Gasteiger partial charge in [-0.3, -0.25) is 29.4 Å². The first-order chi connectivity index (χ1) is 15.8. The normalized spacial score (nSPS) is 12.7. The highest BCUT2D eigenvalue weighted by Crippen LogP contribution is 2.30. The molecular weight excluding hydrogens is 434 g/mol. The Kier molecular flexibility index (Phi) is 6.59. The number of nitrogens with zero attached hydrogens (tertiary/aromatic N) is 3. The zero-order valence-electron chi connectivity index (χ0n) is 17.1. The van der Waals surface area contributed by atoms with E-state index in [1.807, 2.05) is 0 Å². The van der Waals surface area contributed by atoms with Crippen molar-refractivity contribution in [1.29, 1.82) is 5.26 Å². The smallest absolute Gasteiger partial charge is 0.348 e. The van der Waals surface area contributed by atoms with E-state index in [0.29, 0.717) is 5.56 Å². The Labute approximate surface area is 186 Å². The van der Waals surface area contributed by atoms with Crippen LogP contribution in [0, 0.1) is 21.4 Å². The fourth-order valence-corrected chi connectivity index (χ4v) is 3.14. The predicted octanol–water partition coefficient (Wildman–Crippen LogP) is 2.27. The quantitative estimate of drug-likeness (QED) is 0.118. The van der Waals surface area contributed by atoms with E-state index in [-0.39, 0.29) is 35.4 Å². The average Bonchev–Trinajstić information content (AvgIpc) is 3.05. The summed E-state index contributed by atoms with van der Waals surface area (Å²) in [7, 11) is 1.14. The second-order valence-corrected chi connectivity index (χ2v) is 6.68. The number of nitro benzene ring substituents is 1. The van der Waals surface area contributed by atoms with Crippen LogP contribution in [-0.2, 0) is 14.3 Å². The molecule has 2 aromatic carbocycles. The van der Waals surface area contributed by atoms with Crippen molar-refractivity contribution in [3.8, 4) is 11.8 Å². The minimum absolute atomic E-state index is 0.0963. The van der Waals surface area contributed by atoms with E-state index in [9.17, 15) is 29.3 Å². The van der Waals surface area contributed by atoms with Gasteiger partial charge in [0.1, 0.15) is 23.0 Å². The third-order valence-electron chi connectivity index (χ3n) is 4.64. The maximum absolute atomic E-state index is 12.5. The van der Waals surface area contributed by atoms with Gasteiger partial charge in [-0.1, -0.05) is 18.2 Å². The Balaban J connectivity index is 1.68. The summed E-state index contributed by atoms with van der Waals surface area (Å²) in [6.07, 6.45) is 0.903. The molecule has 0 radical (unpaired) electrons. The molecule has 3 rings (SSSR count). The summed E-state index contributed by atoms with van der Waals surface area (Å²) in [6, 6.07) is 11.4. The summed E-state index contributed by atoms with van der Waals surface area (Å²) in [5.41, 5.74) is -0.736. The van der Waals surface area contributed by atoms with Crippen LogP contribution in [0.25, 0.3) is 6.08 Å². The standard InChI is InChI=1S/C22H15N3O8/c1-32-22(29)14(12-23)10-13-4-2-5-15(11-13)33-18(26)8-9-24-20(27)16-6-3-7-17(25(30)31)19(16)21(24)28/h2-7,10-11H,8-9H2,1H3/b14-10+. The number of amides is 2. The number of nitro groups is 1. The van der Waals surface area contributed by atoms with E-state index in [4.69, 9.17) is 10.00 Å². The molecule has 0 N–H and O–H groups in total. The predicted molar refractivity (Wildman–Crippen MR) is 111 cm³/mol. The molecule has 0 aliphatic carbocycles. The fraction of sp³-hybridized carbons (Fsp3) is 0.136. The first-order valence-electron chi connectivity index (χ1n) is 9.41. The number of ether oxygens (including phenoxy) is 2. The van der Waals surface area contributed by atoms with E-state index in [2.05, 4.69) is 4.74 Å². The minimum atomic E-state index is -0.853. The molecule has 33 heavy (non-hydrogen) atoms. The summed E-state index contributed by atoms with van der Waals surface area (Å²) in [5, 5.41) is 20.2. The molecule has 11 heteroatoms. The molecule has 2 amide bonds. The van der Waals surface area contributed by atoms with Crippen LogP contribution in [0.4, 0.5) is 5.69 Å². The third-order valence-corrected chi connectivity index (χ3v) is 4.64. The van der Waals surface area contributed by atoms with Crippen LogP contribution in [0.3, 0.4) is 0 Å². The largest absolute Gasteiger partial charge is 0.465 e. The van der Waals surface area contributed by atoms with Crippen LogP contribution in [0.5, 0.6) is 5.75 Å². The summed E-state index contributed by atoms with van der Waals surface area (Å²) >= 11 is 0. The lowest BCUT2D eigenvalue weighted by Crippen LogP contribution is -2.32. The van der Waals surface area contributed by atoms with Gasteiger partial charge >= 0.3 is 11.9 Å². The summed E-state index contributed by atoms with van der Waals surface area (Å²) in [5.74, 6) is -3.06. The fourth-order valence-electron chi connectivity index (χ4n) is 3.14. The Morgan fingerprint density at radius 2 is 1.91 bits per heavy atom. The van der Waals surface area contributed by atoms with Crippen LogP contribution in [-0.4, -0.2) is 47.2 Å². The molecule has 0 unspecified atom stereocenters. The van der Waals surface area contributed by atoms with Crippen molar-refractivity contribution in [2.24, 2.45) is 0 Å². The van der Waals surface area contributed by atoms with E-state index < -0.39 is 34.4 Å². The van der Waals surface area contributed by atoms with E-state index in [1.165, 1.54) is 36.4 Å². The van der Waals surface area contributed by atoms with Gasteiger partial charge in [-0.25, -0.2) is 4.79 Å². The van der Waals surface area contributed by atoms with Crippen LogP contribution in [0.2, 0.25) is 0 Å². The van der Waals surface area contributed by atoms with Gasteiger partial charge in [0.2, 0.25) is 0 Å². The Morgan fingerprint density at radius 1 is 1.18 bits per heavy atom. The van der Waals surface area contributed by atoms with Crippen molar-refractivity contribution >= 4 is 35.5 Å². The highest BCUT2D eigenvalue weighted by Gasteiger charge is 2.40. The van der Waals surface area contributed by atoms with Crippen molar-refractivity contribution in [3.05, 3.63) is 74.8 Å². The molecule has 0 atom stereocenters. The number of rotatable bonds is 7. The van der Waals surface area contributed by atoms with Crippen molar-refractivity contribution in [2.75, 3.05) is 13.7 Å². The van der Waals surface area contributed by atoms with Crippen LogP contribution in [0.15, 0.2) is 48.0 Å². The number of hydrogen-bond acceptors (Lipinski definition) is 9. The monoisotopic (exact) mass is 449 g/mol. The molecule has 1 heterocycles. The number of fused-ring (bicyclic) bond motifs is 1. The van der Waals surface area contributed by atoms with Crippen LogP contribution < -0.4 is 4.74 Å². The zero-order valence-corrected chi connectivity index (χ0v) is 17.1. The Morgan fingerprint density at radius 3 is 2.58 bits per heavy atom. The number of hydrogen-bond donors (Lipinski definition) is 0. The molecule has 0 saturated carbocycles. The van der Waals surface area contributed by atoms with Crippen molar-refractivity contribution in [3.63, 3.8) is 0 Å². The molecule has 11 nitrogen and oxygen atoms in total. The van der Waals surface area contributed by atoms with Gasteiger partial charge in [-0.15, -0.1) is 0 Å². The summed E-state index contributed by atoms with van der Waals surface area (Å²) in [6.45, 7) is -0.331. The van der Waals surface area contributed by atoms with Gasteiger partial charge < -0.3 is 9.47 Å². The second-order valence-electron chi connectivity index (χ2n) is 6.68. The molecule has 0 saturated heterocycles. The van der Waals surface area contributed by atoms with Gasteiger partial charge in [0, 0.05) is 12.6 Å². The summed E-state index contributed by atoms with van der Waals surface area (Å²) in [4.78, 5) is 59.9. The van der Waals surface area contributed by atoms with Crippen molar-refractivity contribution in [1.82, 2.24) is 4.90 Å². The Hall–Kier alpha value is -4.85. The lowest BCUT2D eigenvalue weighted by atomic mass is 10.1. The average molecular weight is 449 g/mol. The van der Waals surface area contributed by atoms with Gasteiger partial charge in [-0.2, -0.15) is 5.26 Å². The molecule has 166 valence electrons. The van der Waals surface area contributed by atoms with E-state index >= 15 is 0 Å². The van der Waals surface area contributed by atoms with Crippen molar-refractivity contribution < 1.29 is 33.6 Å². The number of carbonyl (C=O) groups excluding carboxylic acids is 4. The molecule has 1 aliphatic heterocycles. The van der Waals surface area contributed by atoms with Gasteiger partial charge in [-0.05, 0) is 29.8 Å². The maximum atomic E-state index is 12.5. The van der Waals surface area contributed by atoms with Gasteiger partial charge in [0.15, 0.2) is 0 Å². The highest BCUT2D eigenvalue weighted by molar-refractivity contribution is 6.23. The molecule has 0 fully saturated rings. The molecular formula is C22H15N3O8. The number of esters is 2. The van der Waals surface area contributed by atoms with Crippen LogP contribution >= 0.6 is 0 Å². The second kappa shape index (κ2) is 9.52. The number of nitriles is 1. The molecule has 0 spiro atoms. The van der Waals surface area contributed by atoms with Crippen LogP contribution in [0.1, 0.15) is 32.7 Å². The molecule has 1 aliphatic rings. The number of benzene rings is 2.